The minimum Gasteiger partial charge on any atom is -0.490 e. The molecule has 7 heteroatoms. The molecule has 1 aliphatic carbocycles. The predicted octanol–water partition coefficient (Wildman–Crippen LogP) is 1.51. The molecule has 1 saturated heterocycles. The smallest absolute Gasteiger partial charge is 0.266 e. The number of hydrogen-bond acceptors (Lipinski definition) is 6. The van der Waals surface area contributed by atoms with Crippen LogP contribution in [0.1, 0.15) is 45.1 Å². The zero-order valence-corrected chi connectivity index (χ0v) is 18.2. The molecule has 2 N–H and O–H groups in total. The maximum atomic E-state index is 12.6. The van der Waals surface area contributed by atoms with Crippen LogP contribution in [0.3, 0.4) is 0 Å². The Hall–Kier alpha value is -2.38. The van der Waals surface area contributed by atoms with Crippen LogP contribution < -0.4 is 29.7 Å². The lowest BCUT2D eigenvalue weighted by molar-refractivity contribution is -0.117. The average molecular weight is 426 g/mol. The summed E-state index contributed by atoms with van der Waals surface area (Å²) in [5, 5.41) is 3.21. The van der Waals surface area contributed by atoms with E-state index in [9.17, 15) is 9.59 Å². The molecule has 0 spiro atoms. The van der Waals surface area contributed by atoms with Gasteiger partial charge < -0.3 is 19.9 Å². The number of nitrogens with zero attached hydrogens (tertiary/aromatic N) is 1. The monoisotopic (exact) mass is 425 g/mol. The van der Waals surface area contributed by atoms with Gasteiger partial charge in [0, 0.05) is 18.2 Å². The fourth-order valence-corrected chi connectivity index (χ4v) is 5.69. The van der Waals surface area contributed by atoms with Crippen LogP contribution in [0.5, 0.6) is 5.75 Å². The van der Waals surface area contributed by atoms with Crippen LogP contribution in [-0.2, 0) is 4.79 Å². The maximum Gasteiger partial charge on any atom is 0.266 e. The second kappa shape index (κ2) is 7.39. The van der Waals surface area contributed by atoms with Crippen molar-refractivity contribution in [2.45, 2.75) is 51.1 Å². The number of nitrogens with one attached hydrogen (secondary N) is 2. The molecule has 2 fully saturated rings. The Balaban J connectivity index is 1.54. The van der Waals surface area contributed by atoms with Gasteiger partial charge >= 0.3 is 0 Å². The Morgan fingerprint density at radius 1 is 1.23 bits per heavy atom. The lowest BCUT2D eigenvalue weighted by Crippen LogP contribution is -2.39. The first-order chi connectivity index (χ1) is 14.4. The quantitative estimate of drug-likeness (QED) is 0.763. The number of fused-ring (bicyclic) bond motifs is 1. The highest BCUT2D eigenvalue weighted by atomic mass is 32.1. The van der Waals surface area contributed by atoms with Crippen molar-refractivity contribution >= 4 is 34.5 Å². The van der Waals surface area contributed by atoms with Crippen LogP contribution in [0, 0.1) is 0 Å². The van der Waals surface area contributed by atoms with Gasteiger partial charge in [-0.3, -0.25) is 9.59 Å². The third-order valence-electron chi connectivity index (χ3n) is 6.43. The molecular formula is C23H27N3O3S. The van der Waals surface area contributed by atoms with Crippen molar-refractivity contribution in [3.05, 3.63) is 43.3 Å². The Morgan fingerprint density at radius 3 is 2.77 bits per heavy atom. The second-order valence-electron chi connectivity index (χ2n) is 8.89. The van der Waals surface area contributed by atoms with Crippen LogP contribution in [0.25, 0.3) is 11.6 Å². The highest BCUT2D eigenvalue weighted by Gasteiger charge is 2.36. The number of Topliss-reactive ketones (excluding diaryl/α,β-unsaturated/α-hetero) is 1. The molecule has 158 valence electrons. The molecule has 3 heterocycles. The van der Waals surface area contributed by atoms with Gasteiger partial charge in [-0.15, -0.1) is 11.3 Å². The predicted molar refractivity (Wildman–Crippen MR) is 120 cm³/mol. The fourth-order valence-electron chi connectivity index (χ4n) is 4.70. The van der Waals surface area contributed by atoms with Gasteiger partial charge in [-0.05, 0) is 50.5 Å². The molecule has 5 rings (SSSR count). The number of benzene rings is 1. The van der Waals surface area contributed by atoms with E-state index < -0.39 is 5.54 Å². The van der Waals surface area contributed by atoms with Gasteiger partial charge in [0.2, 0.25) is 0 Å². The SMILES string of the molecule is CC1(C)NC/C(=c2/[nH]c(=O)/c(=C/c3ccc4c(c3)N(C3CCCC3)CCO4)s2)C1=O. The van der Waals surface area contributed by atoms with Crippen molar-refractivity contribution in [1.29, 1.82) is 0 Å². The summed E-state index contributed by atoms with van der Waals surface area (Å²) in [4.78, 5) is 30.5. The molecule has 30 heavy (non-hydrogen) atoms. The van der Waals surface area contributed by atoms with E-state index in [4.69, 9.17) is 4.74 Å². The highest BCUT2D eigenvalue weighted by molar-refractivity contribution is 7.07. The third kappa shape index (κ3) is 3.40. The van der Waals surface area contributed by atoms with Crippen molar-refractivity contribution in [2.24, 2.45) is 0 Å². The van der Waals surface area contributed by atoms with E-state index in [1.54, 1.807) is 0 Å². The molecule has 3 aliphatic rings. The molecule has 1 saturated carbocycles. The molecule has 1 aromatic carbocycles. The van der Waals surface area contributed by atoms with Gasteiger partial charge in [0.15, 0.2) is 5.78 Å². The Labute approximate surface area is 179 Å². The van der Waals surface area contributed by atoms with Gasteiger partial charge in [-0.2, -0.15) is 0 Å². The number of ketones is 1. The summed E-state index contributed by atoms with van der Waals surface area (Å²) in [6.45, 7) is 5.85. The van der Waals surface area contributed by atoms with Crippen LogP contribution >= 0.6 is 11.3 Å². The lowest BCUT2D eigenvalue weighted by Gasteiger charge is -2.36. The minimum atomic E-state index is -0.581. The van der Waals surface area contributed by atoms with Crippen molar-refractivity contribution in [3.8, 4) is 5.75 Å². The van der Waals surface area contributed by atoms with Crippen LogP contribution in [0.4, 0.5) is 5.69 Å². The van der Waals surface area contributed by atoms with E-state index in [1.165, 1.54) is 37.0 Å². The molecule has 2 aromatic rings. The van der Waals surface area contributed by atoms with E-state index in [-0.39, 0.29) is 11.3 Å². The van der Waals surface area contributed by atoms with Gasteiger partial charge in [-0.1, -0.05) is 18.9 Å². The lowest BCUT2D eigenvalue weighted by atomic mass is 10.00. The first kappa shape index (κ1) is 19.6. The first-order valence-corrected chi connectivity index (χ1v) is 11.5. The number of aromatic amines is 1. The zero-order valence-electron chi connectivity index (χ0n) is 17.4. The number of anilines is 1. The second-order valence-corrected chi connectivity index (χ2v) is 9.94. The summed E-state index contributed by atoms with van der Waals surface area (Å²) >= 11 is 1.35. The van der Waals surface area contributed by atoms with Crippen LogP contribution in [0.15, 0.2) is 23.0 Å². The molecule has 0 unspecified atom stereocenters. The number of carbonyl (C=O) groups excluding carboxylic acids is 1. The Bertz CT molecular complexity index is 1170. The van der Waals surface area contributed by atoms with E-state index in [0.717, 1.165) is 30.2 Å². The van der Waals surface area contributed by atoms with Gasteiger partial charge in [-0.25, -0.2) is 0 Å². The Morgan fingerprint density at radius 2 is 2.03 bits per heavy atom. The molecule has 2 aliphatic heterocycles. The summed E-state index contributed by atoms with van der Waals surface area (Å²) in [6.07, 6.45) is 6.96. The summed E-state index contributed by atoms with van der Waals surface area (Å²) in [5.41, 5.74) is 2.03. The zero-order chi connectivity index (χ0) is 20.9. The molecule has 0 amide bonds. The molecule has 0 bridgehead atoms. The van der Waals surface area contributed by atoms with E-state index in [2.05, 4.69) is 21.3 Å². The Kier molecular flexibility index (Phi) is 4.82. The first-order valence-electron chi connectivity index (χ1n) is 10.7. The van der Waals surface area contributed by atoms with E-state index in [0.29, 0.717) is 27.4 Å². The minimum absolute atomic E-state index is 0.0460. The van der Waals surface area contributed by atoms with Crippen LogP contribution in [-0.4, -0.2) is 42.0 Å². The van der Waals surface area contributed by atoms with Crippen molar-refractivity contribution < 1.29 is 9.53 Å². The van der Waals surface area contributed by atoms with Crippen molar-refractivity contribution in [1.82, 2.24) is 10.3 Å². The van der Waals surface area contributed by atoms with Crippen LogP contribution in [0.2, 0.25) is 0 Å². The van der Waals surface area contributed by atoms with Gasteiger partial charge in [0.05, 0.1) is 22.3 Å². The third-order valence-corrected chi connectivity index (χ3v) is 7.51. The number of thiazole rings is 1. The van der Waals surface area contributed by atoms with E-state index >= 15 is 0 Å². The summed E-state index contributed by atoms with van der Waals surface area (Å²) in [6, 6.07) is 6.71. The highest BCUT2D eigenvalue weighted by Crippen LogP contribution is 2.37. The summed E-state index contributed by atoms with van der Waals surface area (Å²) < 4.78 is 7.14. The van der Waals surface area contributed by atoms with Crippen molar-refractivity contribution in [2.75, 3.05) is 24.6 Å². The fraction of sp³-hybridized carbons (Fsp3) is 0.478. The summed E-state index contributed by atoms with van der Waals surface area (Å²) in [5.74, 6) is 0.969. The van der Waals surface area contributed by atoms with Gasteiger partial charge in [0.25, 0.3) is 5.56 Å². The normalized spacial score (nSPS) is 23.7. The number of carbonyl (C=O) groups is 1. The summed E-state index contributed by atoms with van der Waals surface area (Å²) in [7, 11) is 0. The maximum absolute atomic E-state index is 12.6. The standard InChI is InChI=1S/C23H27N3O3S/c1-23(2)20(27)16(13-24-23)22-25-21(28)19(30-22)12-14-7-8-18-17(11-14)26(9-10-29-18)15-5-3-4-6-15/h7-8,11-12,15,24H,3-6,9-10,13H2,1-2H3,(H,25,28)/b19-12-,22-16+. The number of rotatable bonds is 2. The molecule has 6 nitrogen and oxygen atoms in total. The average Bonchev–Trinajstić information content (AvgIpc) is 3.43. The number of H-pyrrole nitrogens is 1. The topological polar surface area (TPSA) is 74.4 Å². The number of hydrogen-bond donors (Lipinski definition) is 2. The van der Waals surface area contributed by atoms with Gasteiger partial charge in [0.1, 0.15) is 17.0 Å². The molecular weight excluding hydrogens is 398 g/mol. The largest absolute Gasteiger partial charge is 0.490 e. The molecule has 1 aromatic heterocycles. The number of aromatic nitrogens is 1. The molecule has 0 atom stereocenters. The number of ether oxygens (including phenoxy) is 1. The van der Waals surface area contributed by atoms with E-state index in [1.807, 2.05) is 32.1 Å². The molecule has 0 radical (unpaired) electrons. The van der Waals surface area contributed by atoms with Crippen molar-refractivity contribution in [3.63, 3.8) is 0 Å².